The number of rotatable bonds is 4. The maximum atomic E-state index is 12.5. The van der Waals surface area contributed by atoms with Gasteiger partial charge in [0.05, 0.1) is 27.9 Å². The summed E-state index contributed by atoms with van der Waals surface area (Å²) in [5.41, 5.74) is -0.274. The molecule has 1 saturated heterocycles. The van der Waals surface area contributed by atoms with Crippen LogP contribution in [0.2, 0.25) is 5.02 Å². The number of hydrogen-bond donors (Lipinski definition) is 3. The lowest BCUT2D eigenvalue weighted by Crippen LogP contribution is -2.30. The van der Waals surface area contributed by atoms with Crippen LogP contribution in [0.25, 0.3) is 0 Å². The molecule has 152 valence electrons. The second-order valence-corrected chi connectivity index (χ2v) is 8.71. The molecular formula is C18H15ClN2O7S. The number of sulfonamides is 1. The minimum atomic E-state index is -3.81. The van der Waals surface area contributed by atoms with Crippen LogP contribution < -0.4 is 9.62 Å². The van der Waals surface area contributed by atoms with Crippen LogP contribution in [-0.2, 0) is 14.8 Å². The van der Waals surface area contributed by atoms with Gasteiger partial charge in [-0.3, -0.25) is 9.59 Å². The van der Waals surface area contributed by atoms with Gasteiger partial charge in [-0.1, -0.05) is 18.5 Å². The maximum Gasteiger partial charge on any atom is 0.339 e. The Morgan fingerprint density at radius 3 is 2.41 bits per heavy atom. The third kappa shape index (κ3) is 3.89. The number of halogens is 1. The zero-order valence-corrected chi connectivity index (χ0v) is 16.5. The average Bonchev–Trinajstić information content (AvgIpc) is 2.83. The number of amides is 2. The predicted octanol–water partition coefficient (Wildman–Crippen LogP) is 2.31. The Morgan fingerprint density at radius 1 is 1.17 bits per heavy atom. The molecule has 0 spiro atoms. The molecule has 1 atom stereocenters. The monoisotopic (exact) mass is 438 g/mol. The quantitative estimate of drug-likeness (QED) is 0.622. The molecule has 1 aliphatic heterocycles. The van der Waals surface area contributed by atoms with Gasteiger partial charge in [0.15, 0.2) is 0 Å². The molecule has 0 radical (unpaired) electrons. The predicted molar refractivity (Wildman–Crippen MR) is 105 cm³/mol. The van der Waals surface area contributed by atoms with Crippen molar-refractivity contribution >= 4 is 50.8 Å². The third-order valence-electron chi connectivity index (χ3n) is 4.28. The van der Waals surface area contributed by atoms with E-state index in [9.17, 15) is 27.9 Å². The summed E-state index contributed by atoms with van der Waals surface area (Å²) in [4.78, 5) is 35.7. The van der Waals surface area contributed by atoms with Crippen LogP contribution in [0, 0.1) is 5.92 Å². The van der Waals surface area contributed by atoms with Crippen LogP contribution in [-0.4, -0.2) is 42.2 Å². The summed E-state index contributed by atoms with van der Waals surface area (Å²) in [7, 11) is -3.81. The van der Waals surface area contributed by atoms with Crippen molar-refractivity contribution in [3.05, 3.63) is 52.5 Å². The van der Waals surface area contributed by atoms with Crippen LogP contribution in [0.15, 0.2) is 36.4 Å². The SMILES string of the molecule is C[C@@H]1CS(=O)(=O)N(c2ccc(C(=O)Nc3ccc(O)c(C(=O)O)c3)c(Cl)c2)C1=O. The lowest BCUT2D eigenvalue weighted by molar-refractivity contribution is -0.119. The summed E-state index contributed by atoms with van der Waals surface area (Å²) in [5.74, 6) is -4.08. The Morgan fingerprint density at radius 2 is 1.86 bits per heavy atom. The highest BCUT2D eigenvalue weighted by molar-refractivity contribution is 7.94. The van der Waals surface area contributed by atoms with E-state index in [0.717, 1.165) is 12.1 Å². The lowest BCUT2D eigenvalue weighted by atomic mass is 10.1. The first kappa shape index (κ1) is 20.6. The fourth-order valence-electron chi connectivity index (χ4n) is 2.88. The second kappa shape index (κ2) is 7.37. The standard InChI is InChI=1S/C18H15ClN2O7S/c1-9-8-29(27,28)21(17(9)24)11-3-4-12(14(19)7-11)16(23)20-10-2-5-15(22)13(6-10)18(25)26/h2-7,9,22H,8H2,1H3,(H,20,23)(H,25,26)/t9-/m1/s1. The summed E-state index contributed by atoms with van der Waals surface area (Å²) in [6.07, 6.45) is 0. The van der Waals surface area contributed by atoms with Crippen molar-refractivity contribution in [3.63, 3.8) is 0 Å². The molecule has 1 heterocycles. The number of phenols is 1. The number of nitrogens with zero attached hydrogens (tertiary/aromatic N) is 1. The summed E-state index contributed by atoms with van der Waals surface area (Å²) in [6, 6.07) is 7.25. The van der Waals surface area contributed by atoms with Crippen LogP contribution >= 0.6 is 11.6 Å². The van der Waals surface area contributed by atoms with Crippen molar-refractivity contribution in [1.82, 2.24) is 0 Å². The zero-order valence-electron chi connectivity index (χ0n) is 14.9. The van der Waals surface area contributed by atoms with Gasteiger partial charge in [-0.25, -0.2) is 17.5 Å². The Kier molecular flexibility index (Phi) is 5.24. The molecule has 0 bridgehead atoms. The number of aromatic hydroxyl groups is 1. The summed E-state index contributed by atoms with van der Waals surface area (Å²) in [6.45, 7) is 1.51. The van der Waals surface area contributed by atoms with E-state index in [1.54, 1.807) is 0 Å². The van der Waals surface area contributed by atoms with E-state index in [2.05, 4.69) is 5.32 Å². The first-order valence-electron chi connectivity index (χ1n) is 8.25. The lowest BCUT2D eigenvalue weighted by Gasteiger charge is -2.16. The van der Waals surface area contributed by atoms with E-state index in [4.69, 9.17) is 16.7 Å². The average molecular weight is 439 g/mol. The maximum absolute atomic E-state index is 12.5. The summed E-state index contributed by atoms with van der Waals surface area (Å²) in [5, 5.41) is 20.9. The van der Waals surface area contributed by atoms with E-state index < -0.39 is 45.0 Å². The molecule has 2 amide bonds. The minimum absolute atomic E-state index is 0.0162. The Labute approximate surface area is 170 Å². The molecule has 29 heavy (non-hydrogen) atoms. The van der Waals surface area contributed by atoms with Crippen molar-refractivity contribution in [1.29, 1.82) is 0 Å². The van der Waals surface area contributed by atoms with E-state index in [1.165, 1.54) is 31.2 Å². The molecule has 0 aromatic heterocycles. The molecule has 1 aliphatic rings. The van der Waals surface area contributed by atoms with Gasteiger partial charge in [-0.05, 0) is 36.4 Å². The molecule has 2 aromatic carbocycles. The summed E-state index contributed by atoms with van der Waals surface area (Å²) < 4.78 is 25.0. The largest absolute Gasteiger partial charge is 0.507 e. The molecule has 3 rings (SSSR count). The van der Waals surface area contributed by atoms with Gasteiger partial charge >= 0.3 is 5.97 Å². The second-order valence-electron chi connectivity index (χ2n) is 6.44. The number of aromatic carboxylic acids is 1. The molecule has 9 nitrogen and oxygen atoms in total. The van der Waals surface area contributed by atoms with Gasteiger partial charge in [0, 0.05) is 5.69 Å². The van der Waals surface area contributed by atoms with Gasteiger partial charge in [-0.15, -0.1) is 0 Å². The Bertz CT molecular complexity index is 1150. The number of nitrogens with one attached hydrogen (secondary N) is 1. The first-order valence-corrected chi connectivity index (χ1v) is 10.2. The molecule has 0 saturated carbocycles. The van der Waals surface area contributed by atoms with Crippen LogP contribution in [0.4, 0.5) is 11.4 Å². The smallest absolute Gasteiger partial charge is 0.339 e. The molecule has 2 aromatic rings. The van der Waals surface area contributed by atoms with Gasteiger partial charge in [0.2, 0.25) is 15.9 Å². The number of anilines is 2. The van der Waals surface area contributed by atoms with Crippen LogP contribution in [0.3, 0.4) is 0 Å². The topological polar surface area (TPSA) is 141 Å². The fourth-order valence-corrected chi connectivity index (χ4v) is 4.96. The Hall–Kier alpha value is -3.11. The molecule has 3 N–H and O–H groups in total. The van der Waals surface area contributed by atoms with Crippen molar-refractivity contribution in [3.8, 4) is 5.75 Å². The van der Waals surface area contributed by atoms with Crippen molar-refractivity contribution in [2.75, 3.05) is 15.4 Å². The van der Waals surface area contributed by atoms with E-state index in [0.29, 0.717) is 4.31 Å². The molecule has 0 unspecified atom stereocenters. The van der Waals surface area contributed by atoms with E-state index in [1.807, 2.05) is 0 Å². The summed E-state index contributed by atoms with van der Waals surface area (Å²) >= 11 is 6.13. The third-order valence-corrected chi connectivity index (χ3v) is 6.46. The number of hydrogen-bond acceptors (Lipinski definition) is 6. The minimum Gasteiger partial charge on any atom is -0.507 e. The number of benzene rings is 2. The van der Waals surface area contributed by atoms with Crippen LogP contribution in [0.1, 0.15) is 27.6 Å². The van der Waals surface area contributed by atoms with Gasteiger partial charge in [0.1, 0.15) is 11.3 Å². The molecule has 1 fully saturated rings. The first-order chi connectivity index (χ1) is 13.5. The number of carbonyl (C=O) groups is 3. The highest BCUT2D eigenvalue weighted by Crippen LogP contribution is 2.32. The van der Waals surface area contributed by atoms with Gasteiger partial charge < -0.3 is 15.5 Å². The molecular weight excluding hydrogens is 424 g/mol. The number of carboxylic acid groups (broad SMARTS) is 1. The number of carboxylic acids is 1. The highest BCUT2D eigenvalue weighted by atomic mass is 35.5. The fraction of sp³-hybridized carbons (Fsp3) is 0.167. The Balaban J connectivity index is 1.88. The number of carbonyl (C=O) groups excluding carboxylic acids is 2. The van der Waals surface area contributed by atoms with Crippen molar-refractivity contribution < 1.29 is 33.0 Å². The van der Waals surface area contributed by atoms with Crippen molar-refractivity contribution in [2.24, 2.45) is 5.92 Å². The van der Waals surface area contributed by atoms with E-state index >= 15 is 0 Å². The van der Waals surface area contributed by atoms with Crippen molar-refractivity contribution in [2.45, 2.75) is 6.92 Å². The highest BCUT2D eigenvalue weighted by Gasteiger charge is 2.42. The molecule has 0 aliphatic carbocycles. The molecule has 11 heteroatoms. The zero-order chi connectivity index (χ0) is 21.5. The van der Waals surface area contributed by atoms with Gasteiger partial charge in [-0.2, -0.15) is 0 Å². The van der Waals surface area contributed by atoms with Crippen LogP contribution in [0.5, 0.6) is 5.75 Å². The normalized spacial score (nSPS) is 17.9. The van der Waals surface area contributed by atoms with Gasteiger partial charge in [0.25, 0.3) is 5.91 Å². The van der Waals surface area contributed by atoms with E-state index in [-0.39, 0.29) is 27.7 Å².